The summed E-state index contributed by atoms with van der Waals surface area (Å²) in [6.45, 7) is 0.793. The van der Waals surface area contributed by atoms with E-state index in [4.69, 9.17) is 4.74 Å². The van der Waals surface area contributed by atoms with Crippen molar-refractivity contribution < 1.29 is 14.3 Å². The number of benzene rings is 2. The van der Waals surface area contributed by atoms with E-state index in [2.05, 4.69) is 4.90 Å². The highest BCUT2D eigenvalue weighted by Gasteiger charge is 2.26. The molecule has 1 aliphatic carbocycles. The largest absolute Gasteiger partial charge is 0.423 e. The first-order valence-electron chi connectivity index (χ1n) is 9.96. The van der Waals surface area contributed by atoms with Crippen molar-refractivity contribution in [1.29, 1.82) is 0 Å². The van der Waals surface area contributed by atoms with Crippen LogP contribution in [0.15, 0.2) is 66.2 Å². The van der Waals surface area contributed by atoms with Gasteiger partial charge in [-0.15, -0.1) is 12.4 Å². The number of carbonyl (C=O) groups is 2. The second-order valence-electron chi connectivity index (χ2n) is 7.62. The van der Waals surface area contributed by atoms with E-state index in [-0.39, 0.29) is 24.1 Å². The van der Waals surface area contributed by atoms with Crippen LogP contribution in [0.2, 0.25) is 0 Å². The molecule has 0 unspecified atom stereocenters. The van der Waals surface area contributed by atoms with Gasteiger partial charge < -0.3 is 9.64 Å². The minimum absolute atomic E-state index is 0. The maximum atomic E-state index is 12.7. The second-order valence-corrected chi connectivity index (χ2v) is 7.62. The molecule has 1 aliphatic rings. The summed E-state index contributed by atoms with van der Waals surface area (Å²) in [5, 5.41) is 0. The first kappa shape index (κ1) is 23.6. The summed E-state index contributed by atoms with van der Waals surface area (Å²) >= 11 is 0. The zero-order valence-corrected chi connectivity index (χ0v) is 18.2. The molecule has 3 rings (SSSR count). The lowest BCUT2D eigenvalue weighted by Crippen LogP contribution is -2.31. The van der Waals surface area contributed by atoms with Crippen molar-refractivity contribution in [3.8, 4) is 5.75 Å². The molecule has 0 spiro atoms. The lowest BCUT2D eigenvalue weighted by atomic mass is 9.83. The molecular formula is C25H28ClNO3. The Bertz CT molecular complexity index is 902. The topological polar surface area (TPSA) is 46.6 Å². The van der Waals surface area contributed by atoms with E-state index in [0.29, 0.717) is 5.75 Å². The fourth-order valence-corrected chi connectivity index (χ4v) is 3.53. The van der Waals surface area contributed by atoms with Crippen LogP contribution in [0.1, 0.15) is 30.4 Å². The van der Waals surface area contributed by atoms with E-state index >= 15 is 0 Å². The summed E-state index contributed by atoms with van der Waals surface area (Å²) in [6, 6.07) is 16.9. The van der Waals surface area contributed by atoms with Gasteiger partial charge in [-0.2, -0.15) is 0 Å². The van der Waals surface area contributed by atoms with Gasteiger partial charge in [-0.25, -0.2) is 4.79 Å². The Balaban J connectivity index is 0.00000320. The Kier molecular flexibility index (Phi) is 9.03. The van der Waals surface area contributed by atoms with Crippen LogP contribution in [0.3, 0.4) is 0 Å². The number of allylic oxidation sites excluding steroid dienone is 1. The third kappa shape index (κ3) is 6.97. The summed E-state index contributed by atoms with van der Waals surface area (Å²) in [7, 11) is 4.00. The molecule has 2 aromatic rings. The van der Waals surface area contributed by atoms with Crippen molar-refractivity contribution in [3.63, 3.8) is 0 Å². The predicted octanol–water partition coefficient (Wildman–Crippen LogP) is 5.04. The third-order valence-corrected chi connectivity index (χ3v) is 4.92. The van der Waals surface area contributed by atoms with Crippen LogP contribution in [0.25, 0.3) is 12.2 Å². The normalized spacial score (nSPS) is 17.9. The lowest BCUT2D eigenvalue weighted by molar-refractivity contribution is -0.129. The van der Waals surface area contributed by atoms with Crippen molar-refractivity contribution in [2.45, 2.75) is 19.3 Å². The number of esters is 1. The average Bonchev–Trinajstić information content (AvgIpc) is 2.71. The van der Waals surface area contributed by atoms with Crippen LogP contribution in [0.5, 0.6) is 5.75 Å². The van der Waals surface area contributed by atoms with Crippen molar-refractivity contribution in [3.05, 3.63) is 77.4 Å². The lowest BCUT2D eigenvalue weighted by Gasteiger charge is -2.25. The third-order valence-electron chi connectivity index (χ3n) is 4.92. The van der Waals surface area contributed by atoms with Gasteiger partial charge in [-0.05, 0) is 74.3 Å². The highest BCUT2D eigenvalue weighted by Crippen LogP contribution is 2.27. The molecule has 5 heteroatoms. The van der Waals surface area contributed by atoms with Gasteiger partial charge in [0.05, 0.1) is 0 Å². The molecule has 1 atom stereocenters. The van der Waals surface area contributed by atoms with Gasteiger partial charge in [0.15, 0.2) is 5.78 Å². The SMILES string of the molecule is CN(C)C[C@H]1CCC/C(=C/c2ccc(OC(=O)/C=C/c3ccccc3)cc2)C1=O.Cl. The first-order chi connectivity index (χ1) is 14.0. The summed E-state index contributed by atoms with van der Waals surface area (Å²) < 4.78 is 5.34. The molecule has 1 fully saturated rings. The number of hydrogen-bond acceptors (Lipinski definition) is 4. The van der Waals surface area contributed by atoms with Gasteiger partial charge in [-0.3, -0.25) is 4.79 Å². The summed E-state index contributed by atoms with van der Waals surface area (Å²) in [4.78, 5) is 26.8. The number of nitrogens with zero attached hydrogens (tertiary/aromatic N) is 1. The molecule has 0 bridgehead atoms. The predicted molar refractivity (Wildman–Crippen MR) is 124 cm³/mol. The summed E-state index contributed by atoms with van der Waals surface area (Å²) in [5.41, 5.74) is 2.77. The number of halogens is 1. The zero-order valence-electron chi connectivity index (χ0n) is 17.4. The van der Waals surface area contributed by atoms with Gasteiger partial charge in [0.25, 0.3) is 0 Å². The number of hydrogen-bond donors (Lipinski definition) is 0. The number of carbonyl (C=O) groups excluding carboxylic acids is 2. The fourth-order valence-electron chi connectivity index (χ4n) is 3.53. The highest BCUT2D eigenvalue weighted by molar-refractivity contribution is 6.01. The van der Waals surface area contributed by atoms with Crippen LogP contribution in [0.4, 0.5) is 0 Å². The van der Waals surface area contributed by atoms with E-state index in [1.807, 2.05) is 62.6 Å². The van der Waals surface area contributed by atoms with Crippen LogP contribution in [-0.2, 0) is 9.59 Å². The molecular weight excluding hydrogens is 398 g/mol. The summed E-state index contributed by atoms with van der Waals surface area (Å²) in [6.07, 6.45) is 7.92. The maximum Gasteiger partial charge on any atom is 0.336 e. The second kappa shape index (κ2) is 11.5. The Morgan fingerprint density at radius 2 is 1.77 bits per heavy atom. The van der Waals surface area contributed by atoms with Crippen molar-refractivity contribution in [2.24, 2.45) is 5.92 Å². The molecule has 4 nitrogen and oxygen atoms in total. The number of Topliss-reactive ketones (excluding diaryl/α,β-unsaturated/α-hetero) is 1. The van der Waals surface area contributed by atoms with Gasteiger partial charge in [0.2, 0.25) is 0 Å². The number of ether oxygens (including phenoxy) is 1. The Hall–Kier alpha value is -2.69. The molecule has 0 N–H and O–H groups in total. The molecule has 30 heavy (non-hydrogen) atoms. The number of ketones is 1. The van der Waals surface area contributed by atoms with E-state index in [0.717, 1.165) is 42.5 Å². The minimum Gasteiger partial charge on any atom is -0.423 e. The van der Waals surface area contributed by atoms with Crippen LogP contribution >= 0.6 is 12.4 Å². The van der Waals surface area contributed by atoms with E-state index < -0.39 is 5.97 Å². The van der Waals surface area contributed by atoms with Crippen molar-refractivity contribution >= 4 is 36.3 Å². The number of rotatable bonds is 6. The average molecular weight is 426 g/mol. The van der Waals surface area contributed by atoms with Crippen molar-refractivity contribution in [1.82, 2.24) is 4.90 Å². The molecule has 0 radical (unpaired) electrons. The fraction of sp³-hybridized carbons (Fsp3) is 0.280. The van der Waals surface area contributed by atoms with E-state index in [1.54, 1.807) is 18.2 Å². The monoisotopic (exact) mass is 425 g/mol. The summed E-state index contributed by atoms with van der Waals surface area (Å²) in [5.74, 6) is 0.400. The van der Waals surface area contributed by atoms with Gasteiger partial charge in [-0.1, -0.05) is 42.5 Å². The Morgan fingerprint density at radius 1 is 1.07 bits per heavy atom. The smallest absolute Gasteiger partial charge is 0.336 e. The molecule has 0 aromatic heterocycles. The molecule has 158 valence electrons. The molecule has 0 aliphatic heterocycles. The maximum absolute atomic E-state index is 12.7. The molecule has 0 heterocycles. The molecule has 0 amide bonds. The standard InChI is InChI=1S/C25H27NO3.ClH/c1-26(2)18-22-10-6-9-21(25(22)28)17-20-11-14-23(15-12-20)29-24(27)16-13-19-7-4-3-5-8-19;/h3-5,7-8,11-17,22H,6,9-10,18H2,1-2H3;1H/b16-13+,21-17-;/t22-;/m1./s1. The van der Waals surface area contributed by atoms with Gasteiger partial charge >= 0.3 is 5.97 Å². The molecule has 1 saturated carbocycles. The zero-order chi connectivity index (χ0) is 20.6. The van der Waals surface area contributed by atoms with Crippen LogP contribution in [0, 0.1) is 5.92 Å². The molecule has 0 saturated heterocycles. The van der Waals surface area contributed by atoms with Crippen molar-refractivity contribution in [2.75, 3.05) is 20.6 Å². The van der Waals surface area contributed by atoms with Gasteiger partial charge in [0, 0.05) is 18.5 Å². The molecule has 2 aromatic carbocycles. The van der Waals surface area contributed by atoms with Crippen LogP contribution < -0.4 is 4.74 Å². The first-order valence-corrected chi connectivity index (χ1v) is 9.96. The van der Waals surface area contributed by atoms with E-state index in [1.165, 1.54) is 6.08 Å². The van der Waals surface area contributed by atoms with Gasteiger partial charge in [0.1, 0.15) is 5.75 Å². The quantitative estimate of drug-likeness (QED) is 0.369. The minimum atomic E-state index is -0.422. The Morgan fingerprint density at radius 3 is 2.43 bits per heavy atom. The Labute approximate surface area is 184 Å². The highest BCUT2D eigenvalue weighted by atomic mass is 35.5. The van der Waals surface area contributed by atoms with Crippen LogP contribution in [-0.4, -0.2) is 37.3 Å². The van der Waals surface area contributed by atoms with E-state index in [9.17, 15) is 9.59 Å².